The molecule has 4 nitrogen and oxygen atoms in total. The van der Waals surface area contributed by atoms with Gasteiger partial charge in [0, 0.05) is 43.5 Å². The van der Waals surface area contributed by atoms with E-state index in [1.54, 1.807) is 23.5 Å². The van der Waals surface area contributed by atoms with Crippen molar-refractivity contribution in [1.82, 2.24) is 15.2 Å². The standard InChI is InChI=1S/C19H26FN3OS.ClH/c1-14(2)19-22-17(13-25-19)11-21-12-18(23-6-8-24-9-7-23)15-4-3-5-16(20)10-15;/h3-5,10,13-14,18,21H,6-9,11-12H2,1-2H3;1H. The third kappa shape index (κ3) is 5.72. The van der Waals surface area contributed by atoms with Gasteiger partial charge in [-0.2, -0.15) is 0 Å². The monoisotopic (exact) mass is 399 g/mol. The highest BCUT2D eigenvalue weighted by atomic mass is 35.5. The summed E-state index contributed by atoms with van der Waals surface area (Å²) in [5.41, 5.74) is 2.09. The van der Waals surface area contributed by atoms with E-state index in [9.17, 15) is 4.39 Å². The Labute approximate surface area is 165 Å². The first-order valence-electron chi connectivity index (χ1n) is 8.86. The zero-order valence-corrected chi connectivity index (χ0v) is 16.9. The van der Waals surface area contributed by atoms with Gasteiger partial charge in [0.1, 0.15) is 5.82 Å². The zero-order chi connectivity index (χ0) is 17.6. The number of aromatic nitrogens is 1. The molecule has 0 bridgehead atoms. The van der Waals surface area contributed by atoms with E-state index in [2.05, 4.69) is 34.4 Å². The molecule has 3 rings (SSSR count). The average molecular weight is 400 g/mol. The molecule has 0 aliphatic carbocycles. The maximum absolute atomic E-state index is 13.7. The molecule has 26 heavy (non-hydrogen) atoms. The minimum Gasteiger partial charge on any atom is -0.379 e. The zero-order valence-electron chi connectivity index (χ0n) is 15.3. The number of ether oxygens (including phenoxy) is 1. The van der Waals surface area contributed by atoms with Crippen LogP contribution < -0.4 is 5.32 Å². The Morgan fingerprint density at radius 1 is 1.31 bits per heavy atom. The molecule has 144 valence electrons. The van der Waals surface area contributed by atoms with Gasteiger partial charge in [0.25, 0.3) is 0 Å². The fourth-order valence-corrected chi connectivity index (χ4v) is 3.90. The van der Waals surface area contributed by atoms with Crippen LogP contribution in [0.25, 0.3) is 0 Å². The fourth-order valence-electron chi connectivity index (χ4n) is 3.07. The highest BCUT2D eigenvalue weighted by Gasteiger charge is 2.22. The molecule has 1 N–H and O–H groups in total. The molecule has 0 saturated carbocycles. The SMILES string of the molecule is CC(C)c1nc(CNCC(c2cccc(F)c2)N2CCOCC2)cs1.Cl. The maximum atomic E-state index is 13.7. The Bertz CT molecular complexity index is 676. The maximum Gasteiger partial charge on any atom is 0.123 e. The van der Waals surface area contributed by atoms with Crippen molar-refractivity contribution in [3.63, 3.8) is 0 Å². The molecule has 1 fully saturated rings. The van der Waals surface area contributed by atoms with Gasteiger partial charge in [0.15, 0.2) is 0 Å². The predicted molar refractivity (Wildman–Crippen MR) is 107 cm³/mol. The molecule has 1 saturated heterocycles. The second-order valence-corrected chi connectivity index (χ2v) is 7.57. The summed E-state index contributed by atoms with van der Waals surface area (Å²) < 4.78 is 19.2. The van der Waals surface area contributed by atoms with Gasteiger partial charge in [-0.25, -0.2) is 9.37 Å². The summed E-state index contributed by atoms with van der Waals surface area (Å²) in [6.45, 7) is 9.03. The Morgan fingerprint density at radius 2 is 2.08 bits per heavy atom. The van der Waals surface area contributed by atoms with Crippen molar-refractivity contribution in [2.75, 3.05) is 32.8 Å². The van der Waals surface area contributed by atoms with E-state index in [0.717, 1.165) is 50.7 Å². The highest BCUT2D eigenvalue weighted by Crippen LogP contribution is 2.23. The minimum absolute atomic E-state index is 0. The first-order chi connectivity index (χ1) is 12.1. The topological polar surface area (TPSA) is 37.4 Å². The van der Waals surface area contributed by atoms with Gasteiger partial charge in [-0.15, -0.1) is 23.7 Å². The van der Waals surface area contributed by atoms with Crippen LogP contribution in [-0.2, 0) is 11.3 Å². The lowest BCUT2D eigenvalue weighted by Gasteiger charge is -2.35. The summed E-state index contributed by atoms with van der Waals surface area (Å²) in [7, 11) is 0. The summed E-state index contributed by atoms with van der Waals surface area (Å²) in [4.78, 5) is 7.04. The van der Waals surface area contributed by atoms with E-state index < -0.39 is 0 Å². The number of rotatable bonds is 7. The smallest absolute Gasteiger partial charge is 0.123 e. The van der Waals surface area contributed by atoms with Crippen molar-refractivity contribution >= 4 is 23.7 Å². The molecule has 1 aromatic heterocycles. The Kier molecular flexibility index (Phi) is 8.44. The molecule has 1 aromatic carbocycles. The quantitative estimate of drug-likeness (QED) is 0.763. The largest absolute Gasteiger partial charge is 0.379 e. The summed E-state index contributed by atoms with van der Waals surface area (Å²) in [6.07, 6.45) is 0. The van der Waals surface area contributed by atoms with Gasteiger partial charge in [-0.3, -0.25) is 4.90 Å². The van der Waals surface area contributed by atoms with Crippen LogP contribution in [-0.4, -0.2) is 42.7 Å². The lowest BCUT2D eigenvalue weighted by atomic mass is 10.0. The van der Waals surface area contributed by atoms with E-state index in [0.29, 0.717) is 5.92 Å². The highest BCUT2D eigenvalue weighted by molar-refractivity contribution is 7.09. The minimum atomic E-state index is -0.183. The third-order valence-electron chi connectivity index (χ3n) is 4.43. The van der Waals surface area contributed by atoms with Crippen molar-refractivity contribution in [3.05, 3.63) is 51.7 Å². The van der Waals surface area contributed by atoms with Gasteiger partial charge in [-0.05, 0) is 17.7 Å². The van der Waals surface area contributed by atoms with Crippen LogP contribution in [0.3, 0.4) is 0 Å². The number of thiazole rings is 1. The molecule has 0 spiro atoms. The van der Waals surface area contributed by atoms with E-state index in [4.69, 9.17) is 4.74 Å². The van der Waals surface area contributed by atoms with Gasteiger partial charge < -0.3 is 10.1 Å². The van der Waals surface area contributed by atoms with E-state index in [1.165, 1.54) is 11.1 Å². The van der Waals surface area contributed by atoms with Gasteiger partial charge in [0.05, 0.1) is 23.9 Å². The molecule has 0 amide bonds. The number of hydrogen-bond acceptors (Lipinski definition) is 5. The van der Waals surface area contributed by atoms with Crippen molar-refractivity contribution in [2.24, 2.45) is 0 Å². The number of halogens is 2. The number of hydrogen-bond donors (Lipinski definition) is 1. The van der Waals surface area contributed by atoms with Crippen LogP contribution in [0.1, 0.15) is 42.1 Å². The number of nitrogens with zero attached hydrogens (tertiary/aromatic N) is 2. The Balaban J connectivity index is 0.00000243. The molecule has 1 unspecified atom stereocenters. The molecule has 7 heteroatoms. The summed E-state index contributed by atoms with van der Waals surface area (Å²) >= 11 is 1.72. The Hall–Kier alpha value is -1.05. The first kappa shape index (κ1) is 21.3. The average Bonchev–Trinajstić information content (AvgIpc) is 3.09. The van der Waals surface area contributed by atoms with Gasteiger partial charge in [-0.1, -0.05) is 26.0 Å². The van der Waals surface area contributed by atoms with E-state index >= 15 is 0 Å². The molecule has 0 radical (unpaired) electrons. The summed E-state index contributed by atoms with van der Waals surface area (Å²) in [6, 6.07) is 7.07. The second kappa shape index (κ2) is 10.3. The molecule has 2 aromatic rings. The lowest BCUT2D eigenvalue weighted by molar-refractivity contribution is 0.0160. The molecule has 1 aliphatic heterocycles. The molecule has 2 heterocycles. The number of morpholine rings is 1. The van der Waals surface area contributed by atoms with Crippen LogP contribution in [0.15, 0.2) is 29.6 Å². The van der Waals surface area contributed by atoms with Crippen LogP contribution in [0.4, 0.5) is 4.39 Å². The van der Waals surface area contributed by atoms with Crippen LogP contribution in [0, 0.1) is 5.82 Å². The number of nitrogens with one attached hydrogen (secondary N) is 1. The first-order valence-corrected chi connectivity index (χ1v) is 9.73. The lowest BCUT2D eigenvalue weighted by Crippen LogP contribution is -2.42. The number of benzene rings is 1. The van der Waals surface area contributed by atoms with Gasteiger partial charge in [0.2, 0.25) is 0 Å². The Morgan fingerprint density at radius 3 is 2.73 bits per heavy atom. The summed E-state index contributed by atoms with van der Waals surface area (Å²) in [5, 5.41) is 6.80. The molecular formula is C19H27ClFN3OS. The van der Waals surface area contributed by atoms with Crippen molar-refractivity contribution in [3.8, 4) is 0 Å². The van der Waals surface area contributed by atoms with E-state index in [-0.39, 0.29) is 24.3 Å². The molecule has 1 atom stereocenters. The molecule has 1 aliphatic rings. The van der Waals surface area contributed by atoms with Crippen LogP contribution in [0.2, 0.25) is 0 Å². The van der Waals surface area contributed by atoms with Crippen LogP contribution in [0.5, 0.6) is 0 Å². The van der Waals surface area contributed by atoms with Crippen molar-refractivity contribution in [2.45, 2.75) is 32.4 Å². The second-order valence-electron chi connectivity index (χ2n) is 6.68. The third-order valence-corrected chi connectivity index (χ3v) is 5.62. The van der Waals surface area contributed by atoms with Crippen molar-refractivity contribution in [1.29, 1.82) is 0 Å². The van der Waals surface area contributed by atoms with Crippen LogP contribution >= 0.6 is 23.7 Å². The summed E-state index contributed by atoms with van der Waals surface area (Å²) in [5.74, 6) is 0.281. The van der Waals surface area contributed by atoms with Gasteiger partial charge >= 0.3 is 0 Å². The molecular weight excluding hydrogens is 373 g/mol. The van der Waals surface area contributed by atoms with E-state index in [1.807, 2.05) is 6.07 Å². The predicted octanol–water partition coefficient (Wildman–Crippen LogP) is 3.99. The normalized spacial score (nSPS) is 16.5. The fraction of sp³-hybridized carbons (Fsp3) is 0.526. The van der Waals surface area contributed by atoms with Crippen molar-refractivity contribution < 1.29 is 9.13 Å².